The van der Waals surface area contributed by atoms with E-state index in [1.165, 1.54) is 11.1 Å². The number of benzene rings is 1. The number of aryl methyl sites for hydroxylation is 3. The summed E-state index contributed by atoms with van der Waals surface area (Å²) >= 11 is 0. The Morgan fingerprint density at radius 2 is 1.95 bits per heavy atom. The van der Waals surface area contributed by atoms with Crippen LogP contribution in [0.15, 0.2) is 34.7 Å². The lowest BCUT2D eigenvalue weighted by Crippen LogP contribution is -2.24. The van der Waals surface area contributed by atoms with Crippen molar-refractivity contribution < 1.29 is 9.15 Å². The van der Waals surface area contributed by atoms with Gasteiger partial charge in [0.1, 0.15) is 23.9 Å². The molecule has 0 radical (unpaired) electrons. The van der Waals surface area contributed by atoms with E-state index >= 15 is 0 Å². The number of hydrogen-bond acceptors (Lipinski definition) is 3. The standard InChI is InChI=1S/C17H23NO2/c1-12-5-6-13(2)17(11-12)19-10-9-18-15(4)16-8-7-14(3)20-16/h5-8,11,15,18H,9-10H2,1-4H3. The first-order chi connectivity index (χ1) is 9.56. The molecular weight excluding hydrogens is 250 g/mol. The Bertz CT molecular complexity index is 560. The molecule has 2 rings (SSSR count). The van der Waals surface area contributed by atoms with E-state index in [1.54, 1.807) is 0 Å². The van der Waals surface area contributed by atoms with Gasteiger partial charge in [0, 0.05) is 6.54 Å². The van der Waals surface area contributed by atoms with Gasteiger partial charge in [-0.2, -0.15) is 0 Å². The molecule has 3 heteroatoms. The average molecular weight is 273 g/mol. The van der Waals surface area contributed by atoms with Crippen molar-refractivity contribution in [2.24, 2.45) is 0 Å². The van der Waals surface area contributed by atoms with Crippen molar-refractivity contribution in [3.8, 4) is 5.75 Å². The van der Waals surface area contributed by atoms with E-state index in [0.717, 1.165) is 23.8 Å². The summed E-state index contributed by atoms with van der Waals surface area (Å²) in [5.74, 6) is 2.88. The SMILES string of the molecule is Cc1ccc(C)c(OCCNC(C)c2ccc(C)o2)c1. The van der Waals surface area contributed by atoms with E-state index in [0.29, 0.717) is 6.61 Å². The second kappa shape index (κ2) is 6.62. The van der Waals surface area contributed by atoms with Gasteiger partial charge in [-0.05, 0) is 57.0 Å². The van der Waals surface area contributed by atoms with Crippen LogP contribution in [0, 0.1) is 20.8 Å². The van der Waals surface area contributed by atoms with Crippen LogP contribution in [0.2, 0.25) is 0 Å². The Hall–Kier alpha value is -1.74. The van der Waals surface area contributed by atoms with Crippen molar-refractivity contribution in [3.63, 3.8) is 0 Å². The normalized spacial score (nSPS) is 12.4. The molecule has 1 aromatic heterocycles. The first-order valence-electron chi connectivity index (χ1n) is 7.06. The van der Waals surface area contributed by atoms with E-state index in [1.807, 2.05) is 19.1 Å². The van der Waals surface area contributed by atoms with Crippen LogP contribution in [-0.2, 0) is 0 Å². The molecule has 1 unspecified atom stereocenters. The van der Waals surface area contributed by atoms with Gasteiger partial charge >= 0.3 is 0 Å². The largest absolute Gasteiger partial charge is 0.492 e. The molecule has 0 saturated heterocycles. The van der Waals surface area contributed by atoms with E-state index < -0.39 is 0 Å². The van der Waals surface area contributed by atoms with Crippen LogP contribution in [0.3, 0.4) is 0 Å². The van der Waals surface area contributed by atoms with Crippen molar-refractivity contribution in [2.45, 2.75) is 33.7 Å². The molecule has 3 nitrogen and oxygen atoms in total. The quantitative estimate of drug-likeness (QED) is 0.810. The molecule has 108 valence electrons. The molecular formula is C17H23NO2. The van der Waals surface area contributed by atoms with Gasteiger partial charge in [0.25, 0.3) is 0 Å². The Morgan fingerprint density at radius 3 is 2.65 bits per heavy atom. The summed E-state index contributed by atoms with van der Waals surface area (Å²) in [7, 11) is 0. The molecule has 0 aliphatic rings. The highest BCUT2D eigenvalue weighted by molar-refractivity contribution is 5.35. The van der Waals surface area contributed by atoms with Gasteiger partial charge in [-0.25, -0.2) is 0 Å². The molecule has 1 N–H and O–H groups in total. The van der Waals surface area contributed by atoms with Crippen molar-refractivity contribution in [2.75, 3.05) is 13.2 Å². The fourth-order valence-electron chi connectivity index (χ4n) is 2.09. The van der Waals surface area contributed by atoms with Gasteiger partial charge in [0.05, 0.1) is 6.04 Å². The Kier molecular flexibility index (Phi) is 4.85. The summed E-state index contributed by atoms with van der Waals surface area (Å²) in [5.41, 5.74) is 2.39. The van der Waals surface area contributed by atoms with Crippen LogP contribution in [0.4, 0.5) is 0 Å². The Labute approximate surface area is 121 Å². The predicted octanol–water partition coefficient (Wildman–Crippen LogP) is 3.93. The van der Waals surface area contributed by atoms with E-state index in [-0.39, 0.29) is 6.04 Å². The van der Waals surface area contributed by atoms with Crippen LogP contribution in [0.1, 0.15) is 35.6 Å². The average Bonchev–Trinajstić information content (AvgIpc) is 2.85. The zero-order chi connectivity index (χ0) is 14.5. The minimum Gasteiger partial charge on any atom is -0.492 e. The third-order valence-electron chi connectivity index (χ3n) is 3.34. The van der Waals surface area contributed by atoms with Gasteiger partial charge in [0.2, 0.25) is 0 Å². The molecule has 0 amide bonds. The summed E-state index contributed by atoms with van der Waals surface area (Å²) in [4.78, 5) is 0. The molecule has 2 aromatic rings. The van der Waals surface area contributed by atoms with E-state index in [2.05, 4.69) is 44.3 Å². The van der Waals surface area contributed by atoms with Crippen molar-refractivity contribution in [1.29, 1.82) is 0 Å². The molecule has 1 atom stereocenters. The summed E-state index contributed by atoms with van der Waals surface area (Å²) < 4.78 is 11.4. The lowest BCUT2D eigenvalue weighted by atomic mass is 10.1. The maximum absolute atomic E-state index is 5.82. The molecule has 20 heavy (non-hydrogen) atoms. The highest BCUT2D eigenvalue weighted by Gasteiger charge is 2.08. The summed E-state index contributed by atoms with van der Waals surface area (Å²) in [5, 5.41) is 3.40. The second-order valence-corrected chi connectivity index (χ2v) is 5.24. The molecule has 0 bridgehead atoms. The highest BCUT2D eigenvalue weighted by atomic mass is 16.5. The summed E-state index contributed by atoms with van der Waals surface area (Å²) in [6, 6.07) is 10.5. The third-order valence-corrected chi connectivity index (χ3v) is 3.34. The smallest absolute Gasteiger partial charge is 0.122 e. The monoisotopic (exact) mass is 273 g/mol. The number of ether oxygens (including phenoxy) is 1. The van der Waals surface area contributed by atoms with Gasteiger partial charge in [-0.1, -0.05) is 12.1 Å². The molecule has 0 aliphatic heterocycles. The zero-order valence-electron chi connectivity index (χ0n) is 12.7. The number of rotatable bonds is 6. The first-order valence-corrected chi connectivity index (χ1v) is 7.06. The Balaban J connectivity index is 1.77. The lowest BCUT2D eigenvalue weighted by Gasteiger charge is -2.13. The minimum absolute atomic E-state index is 0.200. The van der Waals surface area contributed by atoms with Crippen LogP contribution < -0.4 is 10.1 Å². The van der Waals surface area contributed by atoms with Crippen LogP contribution in [0.25, 0.3) is 0 Å². The van der Waals surface area contributed by atoms with Gasteiger partial charge < -0.3 is 14.5 Å². The van der Waals surface area contributed by atoms with E-state index in [9.17, 15) is 0 Å². The van der Waals surface area contributed by atoms with Crippen LogP contribution in [-0.4, -0.2) is 13.2 Å². The van der Waals surface area contributed by atoms with Gasteiger partial charge in [-0.15, -0.1) is 0 Å². The summed E-state index contributed by atoms with van der Waals surface area (Å²) in [6.07, 6.45) is 0. The fourth-order valence-corrected chi connectivity index (χ4v) is 2.09. The maximum Gasteiger partial charge on any atom is 0.122 e. The second-order valence-electron chi connectivity index (χ2n) is 5.24. The molecule has 1 aromatic carbocycles. The number of nitrogens with one attached hydrogen (secondary N) is 1. The van der Waals surface area contributed by atoms with Crippen molar-refractivity contribution in [1.82, 2.24) is 5.32 Å². The molecule has 0 spiro atoms. The minimum atomic E-state index is 0.200. The molecule has 0 saturated carbocycles. The number of furan rings is 1. The molecule has 0 aliphatic carbocycles. The third kappa shape index (κ3) is 3.87. The zero-order valence-corrected chi connectivity index (χ0v) is 12.7. The first kappa shape index (κ1) is 14.7. The predicted molar refractivity (Wildman–Crippen MR) is 81.3 cm³/mol. The fraction of sp³-hybridized carbons (Fsp3) is 0.412. The highest BCUT2D eigenvalue weighted by Crippen LogP contribution is 2.19. The van der Waals surface area contributed by atoms with Crippen LogP contribution >= 0.6 is 0 Å². The van der Waals surface area contributed by atoms with Crippen molar-refractivity contribution in [3.05, 3.63) is 53.0 Å². The maximum atomic E-state index is 5.82. The number of hydrogen-bond donors (Lipinski definition) is 1. The van der Waals surface area contributed by atoms with Crippen molar-refractivity contribution >= 4 is 0 Å². The Morgan fingerprint density at radius 1 is 1.15 bits per heavy atom. The van der Waals surface area contributed by atoms with Crippen LogP contribution in [0.5, 0.6) is 5.75 Å². The molecule has 1 heterocycles. The molecule has 0 fully saturated rings. The lowest BCUT2D eigenvalue weighted by molar-refractivity contribution is 0.299. The van der Waals surface area contributed by atoms with E-state index in [4.69, 9.17) is 9.15 Å². The van der Waals surface area contributed by atoms with Gasteiger partial charge in [0.15, 0.2) is 0 Å². The van der Waals surface area contributed by atoms with Gasteiger partial charge in [-0.3, -0.25) is 0 Å². The topological polar surface area (TPSA) is 34.4 Å². The summed E-state index contributed by atoms with van der Waals surface area (Å²) in [6.45, 7) is 9.63.